The lowest BCUT2D eigenvalue weighted by Gasteiger charge is -2.29. The van der Waals surface area contributed by atoms with Gasteiger partial charge in [0.05, 0.1) is 41.2 Å². The molecule has 1 aromatic heterocycles. The predicted molar refractivity (Wildman–Crippen MR) is 116 cm³/mol. The number of ether oxygens (including phenoxy) is 1. The van der Waals surface area contributed by atoms with Crippen molar-refractivity contribution in [3.05, 3.63) is 58.9 Å². The van der Waals surface area contributed by atoms with Gasteiger partial charge in [-0.25, -0.2) is 4.98 Å². The van der Waals surface area contributed by atoms with Crippen molar-refractivity contribution in [2.24, 2.45) is 0 Å². The van der Waals surface area contributed by atoms with E-state index in [2.05, 4.69) is 10.3 Å². The van der Waals surface area contributed by atoms with Crippen LogP contribution in [0.4, 0.5) is 11.4 Å². The minimum atomic E-state index is -0.243. The number of amides is 2. The Balaban J connectivity index is 1.61. The molecule has 2 amide bonds. The number of anilines is 2. The third-order valence-corrected chi connectivity index (χ3v) is 5.70. The molecule has 154 valence electrons. The summed E-state index contributed by atoms with van der Waals surface area (Å²) in [5.74, 6) is -0.435. The Morgan fingerprint density at radius 2 is 1.93 bits per heavy atom. The monoisotopic (exact) mass is 424 g/mol. The van der Waals surface area contributed by atoms with Gasteiger partial charge >= 0.3 is 0 Å². The van der Waals surface area contributed by atoms with Gasteiger partial charge in [0.1, 0.15) is 6.54 Å². The zero-order chi connectivity index (χ0) is 21.1. The van der Waals surface area contributed by atoms with Gasteiger partial charge in [0.15, 0.2) is 5.16 Å². The third-order valence-electron chi connectivity index (χ3n) is 4.74. The zero-order valence-corrected chi connectivity index (χ0v) is 17.1. The van der Waals surface area contributed by atoms with E-state index in [0.717, 1.165) is 0 Å². The second-order valence-corrected chi connectivity index (χ2v) is 7.64. The summed E-state index contributed by atoms with van der Waals surface area (Å²) in [5, 5.41) is 3.73. The third kappa shape index (κ3) is 3.94. The van der Waals surface area contributed by atoms with Crippen LogP contribution in [0.1, 0.15) is 0 Å². The number of hydrogen-bond acceptors (Lipinski definition) is 6. The van der Waals surface area contributed by atoms with Gasteiger partial charge < -0.3 is 15.0 Å². The second-order valence-electron chi connectivity index (χ2n) is 6.70. The molecule has 1 aliphatic heterocycles. The van der Waals surface area contributed by atoms with E-state index in [1.807, 2.05) is 12.1 Å². The van der Waals surface area contributed by atoms with Gasteiger partial charge in [-0.05, 0) is 24.3 Å². The van der Waals surface area contributed by atoms with Crippen molar-refractivity contribution in [2.75, 3.05) is 36.2 Å². The summed E-state index contributed by atoms with van der Waals surface area (Å²) in [4.78, 5) is 43.9. The van der Waals surface area contributed by atoms with Crippen LogP contribution in [-0.2, 0) is 20.9 Å². The molecule has 0 bridgehead atoms. The highest BCUT2D eigenvalue weighted by atomic mass is 32.2. The normalized spacial score (nSPS) is 13.2. The number of carbonyl (C=O) groups is 2. The highest BCUT2D eigenvalue weighted by molar-refractivity contribution is 7.99. The summed E-state index contributed by atoms with van der Waals surface area (Å²) in [6.45, 7) is 0.637. The molecule has 8 nitrogen and oxygen atoms in total. The van der Waals surface area contributed by atoms with Crippen molar-refractivity contribution < 1.29 is 14.3 Å². The van der Waals surface area contributed by atoms with E-state index in [-0.39, 0.29) is 29.7 Å². The van der Waals surface area contributed by atoms with E-state index in [0.29, 0.717) is 40.6 Å². The first-order chi connectivity index (χ1) is 14.6. The summed E-state index contributed by atoms with van der Waals surface area (Å²) in [6.07, 6.45) is 0. The Kier molecular flexibility index (Phi) is 5.82. The average Bonchev–Trinajstić information content (AvgIpc) is 2.76. The maximum atomic E-state index is 12.9. The highest BCUT2D eigenvalue weighted by Gasteiger charge is 2.27. The van der Waals surface area contributed by atoms with Crippen LogP contribution in [0, 0.1) is 0 Å². The molecular formula is C21H20N4O4S. The minimum absolute atomic E-state index is 0.0410. The highest BCUT2D eigenvalue weighted by Crippen LogP contribution is 2.30. The van der Waals surface area contributed by atoms with Crippen molar-refractivity contribution in [1.82, 2.24) is 9.55 Å². The molecule has 1 aliphatic rings. The number of carbonyl (C=O) groups excluding carboxylic acids is 2. The van der Waals surface area contributed by atoms with Gasteiger partial charge in [-0.2, -0.15) is 0 Å². The average molecular weight is 424 g/mol. The van der Waals surface area contributed by atoms with Crippen molar-refractivity contribution in [1.29, 1.82) is 0 Å². The Labute approximate surface area is 176 Å². The maximum Gasteiger partial charge on any atom is 0.262 e. The lowest BCUT2D eigenvalue weighted by atomic mass is 10.2. The lowest BCUT2D eigenvalue weighted by molar-refractivity contribution is -0.120. The van der Waals surface area contributed by atoms with E-state index in [1.165, 1.54) is 21.2 Å². The SMILES string of the molecule is COCCn1c(SCC(=O)N2CC(=O)Nc3ccccc32)nc2ccccc2c1=O. The van der Waals surface area contributed by atoms with Gasteiger partial charge in [0.2, 0.25) is 11.8 Å². The summed E-state index contributed by atoms with van der Waals surface area (Å²) in [7, 11) is 1.56. The number of nitrogens with one attached hydrogen (secondary N) is 1. The van der Waals surface area contributed by atoms with Crippen LogP contribution < -0.4 is 15.8 Å². The zero-order valence-electron chi connectivity index (χ0n) is 16.3. The molecule has 0 aliphatic carbocycles. The number of fused-ring (bicyclic) bond motifs is 2. The van der Waals surface area contributed by atoms with E-state index in [4.69, 9.17) is 4.74 Å². The molecular weight excluding hydrogens is 404 g/mol. The molecule has 30 heavy (non-hydrogen) atoms. The number of aromatic nitrogens is 2. The second kappa shape index (κ2) is 8.68. The topological polar surface area (TPSA) is 93.5 Å². The van der Waals surface area contributed by atoms with Crippen LogP contribution in [0.3, 0.4) is 0 Å². The predicted octanol–water partition coefficient (Wildman–Crippen LogP) is 2.12. The first kappa shape index (κ1) is 20.1. The summed E-state index contributed by atoms with van der Waals surface area (Å²) in [6, 6.07) is 14.3. The van der Waals surface area contributed by atoms with Gasteiger partial charge in [0.25, 0.3) is 5.56 Å². The van der Waals surface area contributed by atoms with Crippen molar-refractivity contribution in [3.63, 3.8) is 0 Å². The van der Waals surface area contributed by atoms with Crippen LogP contribution in [0.25, 0.3) is 10.9 Å². The first-order valence-corrected chi connectivity index (χ1v) is 10.4. The number of methoxy groups -OCH3 is 1. The number of benzene rings is 2. The van der Waals surface area contributed by atoms with Gasteiger partial charge in [-0.15, -0.1) is 0 Å². The number of para-hydroxylation sites is 3. The van der Waals surface area contributed by atoms with Gasteiger partial charge in [-0.3, -0.25) is 19.0 Å². The maximum absolute atomic E-state index is 12.9. The molecule has 0 saturated carbocycles. The van der Waals surface area contributed by atoms with E-state index >= 15 is 0 Å². The quantitative estimate of drug-likeness (QED) is 0.481. The molecule has 0 atom stereocenters. The molecule has 9 heteroatoms. The number of hydrogen-bond donors (Lipinski definition) is 1. The van der Waals surface area contributed by atoms with Crippen LogP contribution in [-0.4, -0.2) is 47.4 Å². The number of nitrogens with zero attached hydrogens (tertiary/aromatic N) is 3. The molecule has 0 unspecified atom stereocenters. The van der Waals surface area contributed by atoms with Crippen molar-refractivity contribution in [2.45, 2.75) is 11.7 Å². The molecule has 0 spiro atoms. The summed E-state index contributed by atoms with van der Waals surface area (Å²) < 4.78 is 6.65. The molecule has 4 rings (SSSR count). The van der Waals surface area contributed by atoms with Crippen LogP contribution in [0.2, 0.25) is 0 Å². The van der Waals surface area contributed by atoms with Crippen LogP contribution in [0.5, 0.6) is 0 Å². The Bertz CT molecular complexity index is 1180. The smallest absolute Gasteiger partial charge is 0.262 e. The van der Waals surface area contributed by atoms with E-state index < -0.39 is 0 Å². The first-order valence-electron chi connectivity index (χ1n) is 9.39. The largest absolute Gasteiger partial charge is 0.383 e. The fourth-order valence-electron chi connectivity index (χ4n) is 3.30. The standard InChI is InChI=1S/C21H20N4O4S/c1-29-11-10-24-20(28)14-6-2-3-7-15(14)23-21(24)30-13-19(27)25-12-18(26)22-16-8-4-5-9-17(16)25/h2-9H,10-13H2,1H3,(H,22,26). The Morgan fingerprint density at radius 3 is 2.77 bits per heavy atom. The molecule has 0 saturated heterocycles. The molecule has 3 aromatic rings. The lowest BCUT2D eigenvalue weighted by Crippen LogP contribution is -2.43. The van der Waals surface area contributed by atoms with Crippen LogP contribution in [0.15, 0.2) is 58.5 Å². The van der Waals surface area contributed by atoms with E-state index in [9.17, 15) is 14.4 Å². The van der Waals surface area contributed by atoms with E-state index in [1.54, 1.807) is 43.5 Å². The molecule has 2 aromatic carbocycles. The number of rotatable bonds is 6. The minimum Gasteiger partial charge on any atom is -0.383 e. The molecule has 1 N–H and O–H groups in total. The number of thioether (sulfide) groups is 1. The molecule has 0 radical (unpaired) electrons. The Hall–Kier alpha value is -3.17. The van der Waals surface area contributed by atoms with Gasteiger partial charge in [0, 0.05) is 7.11 Å². The summed E-state index contributed by atoms with van der Waals surface area (Å²) in [5.41, 5.74) is 1.67. The fourth-order valence-corrected chi connectivity index (χ4v) is 4.20. The van der Waals surface area contributed by atoms with Gasteiger partial charge in [-0.1, -0.05) is 36.0 Å². The molecule has 0 fully saturated rings. The van der Waals surface area contributed by atoms with Crippen molar-refractivity contribution in [3.8, 4) is 0 Å². The fraction of sp³-hybridized carbons (Fsp3) is 0.238. The van der Waals surface area contributed by atoms with Crippen LogP contribution >= 0.6 is 11.8 Å². The Morgan fingerprint density at radius 1 is 1.17 bits per heavy atom. The molecule has 2 heterocycles. The van der Waals surface area contributed by atoms with Crippen molar-refractivity contribution >= 4 is 45.9 Å². The summed E-state index contributed by atoms with van der Waals surface area (Å²) >= 11 is 1.18.